The minimum absolute atomic E-state index is 0.142. The van der Waals surface area contributed by atoms with Crippen LogP contribution in [0.4, 0.5) is 0 Å². The zero-order chi connectivity index (χ0) is 14.5. The van der Waals surface area contributed by atoms with Crippen LogP contribution in [-0.2, 0) is 4.79 Å². The van der Waals surface area contributed by atoms with Crippen molar-refractivity contribution < 1.29 is 4.79 Å². The number of likely N-dealkylation sites (tertiary alicyclic amines) is 1. The zero-order valence-electron chi connectivity index (χ0n) is 13.5. The minimum Gasteiger partial charge on any atom is -0.342 e. The maximum atomic E-state index is 11.9. The molecule has 0 spiro atoms. The molecule has 0 atom stereocenters. The highest BCUT2D eigenvalue weighted by Gasteiger charge is 2.25. The van der Waals surface area contributed by atoms with Crippen molar-refractivity contribution >= 4 is 5.91 Å². The lowest BCUT2D eigenvalue weighted by Crippen LogP contribution is -2.47. The molecular weight excluding hydrogens is 248 g/mol. The van der Waals surface area contributed by atoms with Gasteiger partial charge in [0.05, 0.1) is 0 Å². The van der Waals surface area contributed by atoms with Gasteiger partial charge in [0, 0.05) is 25.0 Å². The SMILES string of the molecule is CC1CCC(CNC2CCN(C(=O)C(C)C)CC2)CC1. The van der Waals surface area contributed by atoms with E-state index in [0.717, 1.165) is 37.8 Å². The van der Waals surface area contributed by atoms with Crippen molar-refractivity contribution in [2.24, 2.45) is 17.8 Å². The lowest BCUT2D eigenvalue weighted by atomic mass is 9.83. The van der Waals surface area contributed by atoms with Gasteiger partial charge in [-0.2, -0.15) is 0 Å². The average molecular weight is 280 g/mol. The van der Waals surface area contributed by atoms with E-state index in [9.17, 15) is 4.79 Å². The smallest absolute Gasteiger partial charge is 0.225 e. The summed E-state index contributed by atoms with van der Waals surface area (Å²) in [5.74, 6) is 2.30. The number of amides is 1. The van der Waals surface area contributed by atoms with Crippen LogP contribution in [0.15, 0.2) is 0 Å². The molecule has 116 valence electrons. The second kappa shape index (κ2) is 7.44. The molecule has 0 aromatic heterocycles. The molecule has 2 fully saturated rings. The van der Waals surface area contributed by atoms with Gasteiger partial charge in [0.2, 0.25) is 5.91 Å². The Labute approximate surface area is 124 Å². The number of nitrogens with zero attached hydrogens (tertiary/aromatic N) is 1. The van der Waals surface area contributed by atoms with Crippen molar-refractivity contribution in [3.63, 3.8) is 0 Å². The largest absolute Gasteiger partial charge is 0.342 e. The topological polar surface area (TPSA) is 32.3 Å². The summed E-state index contributed by atoms with van der Waals surface area (Å²) in [6.45, 7) is 9.45. The summed E-state index contributed by atoms with van der Waals surface area (Å²) in [5, 5.41) is 3.76. The fraction of sp³-hybridized carbons (Fsp3) is 0.941. The second-order valence-electron chi connectivity index (χ2n) is 7.29. The third-order valence-electron chi connectivity index (χ3n) is 5.13. The summed E-state index contributed by atoms with van der Waals surface area (Å²) >= 11 is 0. The fourth-order valence-corrected chi connectivity index (χ4v) is 3.54. The summed E-state index contributed by atoms with van der Waals surface area (Å²) in [6, 6.07) is 0.630. The predicted molar refractivity (Wildman–Crippen MR) is 83.6 cm³/mol. The van der Waals surface area contributed by atoms with Crippen LogP contribution in [0.5, 0.6) is 0 Å². The number of hydrogen-bond acceptors (Lipinski definition) is 2. The van der Waals surface area contributed by atoms with Crippen molar-refractivity contribution in [3.05, 3.63) is 0 Å². The molecule has 1 saturated carbocycles. The molecule has 3 heteroatoms. The first-order chi connectivity index (χ1) is 9.56. The molecule has 0 aromatic carbocycles. The molecule has 3 nitrogen and oxygen atoms in total. The Balaban J connectivity index is 1.63. The molecule has 0 bridgehead atoms. The Kier molecular flexibility index (Phi) is 5.88. The molecule has 1 N–H and O–H groups in total. The Morgan fingerprint density at radius 3 is 2.25 bits per heavy atom. The summed E-state index contributed by atoms with van der Waals surface area (Å²) in [4.78, 5) is 14.0. The van der Waals surface area contributed by atoms with Crippen LogP contribution in [0.3, 0.4) is 0 Å². The van der Waals surface area contributed by atoms with Gasteiger partial charge in [-0.05, 0) is 44.1 Å². The number of rotatable bonds is 4. The maximum Gasteiger partial charge on any atom is 0.225 e. The van der Waals surface area contributed by atoms with Gasteiger partial charge in [-0.15, -0.1) is 0 Å². The van der Waals surface area contributed by atoms with Gasteiger partial charge < -0.3 is 10.2 Å². The predicted octanol–water partition coefficient (Wildman–Crippen LogP) is 3.05. The summed E-state index contributed by atoms with van der Waals surface area (Å²) in [5.41, 5.74) is 0. The second-order valence-corrected chi connectivity index (χ2v) is 7.29. The first-order valence-electron chi connectivity index (χ1n) is 8.58. The van der Waals surface area contributed by atoms with Gasteiger partial charge in [-0.3, -0.25) is 4.79 Å². The van der Waals surface area contributed by atoms with Crippen molar-refractivity contribution in [2.45, 2.75) is 65.3 Å². The number of carbonyl (C=O) groups is 1. The third kappa shape index (κ3) is 4.47. The minimum atomic E-state index is 0.142. The fourth-order valence-electron chi connectivity index (χ4n) is 3.54. The van der Waals surface area contributed by atoms with E-state index in [0.29, 0.717) is 11.9 Å². The Bertz CT molecular complexity index is 300. The summed E-state index contributed by atoms with van der Waals surface area (Å²) in [7, 11) is 0. The third-order valence-corrected chi connectivity index (χ3v) is 5.13. The van der Waals surface area contributed by atoms with Crippen molar-refractivity contribution in [1.82, 2.24) is 10.2 Å². The zero-order valence-corrected chi connectivity index (χ0v) is 13.5. The maximum absolute atomic E-state index is 11.9. The average Bonchev–Trinajstić information content (AvgIpc) is 2.46. The van der Waals surface area contributed by atoms with E-state index in [1.54, 1.807) is 0 Å². The van der Waals surface area contributed by atoms with Gasteiger partial charge in [0.25, 0.3) is 0 Å². The van der Waals surface area contributed by atoms with E-state index >= 15 is 0 Å². The van der Waals surface area contributed by atoms with E-state index in [4.69, 9.17) is 0 Å². The van der Waals surface area contributed by atoms with E-state index in [1.807, 2.05) is 18.7 Å². The van der Waals surface area contributed by atoms with Crippen LogP contribution >= 0.6 is 0 Å². The normalized spacial score (nSPS) is 28.9. The highest BCUT2D eigenvalue weighted by atomic mass is 16.2. The van der Waals surface area contributed by atoms with Crippen LogP contribution in [-0.4, -0.2) is 36.5 Å². The Morgan fingerprint density at radius 1 is 1.10 bits per heavy atom. The number of hydrogen-bond donors (Lipinski definition) is 1. The lowest BCUT2D eigenvalue weighted by Gasteiger charge is -2.35. The number of piperidine rings is 1. The molecule has 1 aliphatic carbocycles. The van der Waals surface area contributed by atoms with Crippen LogP contribution in [0.1, 0.15) is 59.3 Å². The van der Waals surface area contributed by atoms with E-state index in [-0.39, 0.29) is 5.92 Å². The molecular formula is C17H32N2O. The van der Waals surface area contributed by atoms with Gasteiger partial charge >= 0.3 is 0 Å². The highest BCUT2D eigenvalue weighted by molar-refractivity contribution is 5.78. The first kappa shape index (κ1) is 15.8. The quantitative estimate of drug-likeness (QED) is 0.858. The molecule has 1 aliphatic heterocycles. The van der Waals surface area contributed by atoms with Crippen LogP contribution < -0.4 is 5.32 Å². The molecule has 0 aromatic rings. The molecule has 2 aliphatic rings. The van der Waals surface area contributed by atoms with Crippen LogP contribution in [0.25, 0.3) is 0 Å². The Hall–Kier alpha value is -0.570. The van der Waals surface area contributed by atoms with Gasteiger partial charge in [0.1, 0.15) is 0 Å². The molecule has 2 rings (SSSR count). The molecule has 20 heavy (non-hydrogen) atoms. The van der Waals surface area contributed by atoms with Gasteiger partial charge in [-0.25, -0.2) is 0 Å². The summed E-state index contributed by atoms with van der Waals surface area (Å²) in [6.07, 6.45) is 7.88. The van der Waals surface area contributed by atoms with Gasteiger partial charge in [0.15, 0.2) is 0 Å². The lowest BCUT2D eigenvalue weighted by molar-refractivity contribution is -0.135. The molecule has 1 amide bonds. The number of nitrogens with one attached hydrogen (secondary N) is 1. The van der Waals surface area contributed by atoms with Crippen molar-refractivity contribution in [1.29, 1.82) is 0 Å². The van der Waals surface area contributed by atoms with Crippen LogP contribution in [0.2, 0.25) is 0 Å². The highest BCUT2D eigenvalue weighted by Crippen LogP contribution is 2.28. The number of carbonyl (C=O) groups excluding carboxylic acids is 1. The molecule has 1 saturated heterocycles. The van der Waals surface area contributed by atoms with Crippen molar-refractivity contribution in [2.75, 3.05) is 19.6 Å². The standard InChI is InChI=1S/C17H32N2O/c1-13(2)17(20)19-10-8-16(9-11-19)18-12-15-6-4-14(3)5-7-15/h13-16,18H,4-12H2,1-3H3. The first-order valence-corrected chi connectivity index (χ1v) is 8.58. The van der Waals surface area contributed by atoms with Crippen molar-refractivity contribution in [3.8, 4) is 0 Å². The van der Waals surface area contributed by atoms with Gasteiger partial charge in [-0.1, -0.05) is 33.6 Å². The van der Waals surface area contributed by atoms with E-state index in [1.165, 1.54) is 32.2 Å². The molecule has 1 heterocycles. The molecule has 0 radical (unpaired) electrons. The Morgan fingerprint density at radius 2 is 1.70 bits per heavy atom. The van der Waals surface area contributed by atoms with E-state index < -0.39 is 0 Å². The summed E-state index contributed by atoms with van der Waals surface area (Å²) < 4.78 is 0. The van der Waals surface area contributed by atoms with E-state index in [2.05, 4.69) is 12.2 Å². The molecule has 0 unspecified atom stereocenters. The monoisotopic (exact) mass is 280 g/mol. The van der Waals surface area contributed by atoms with Crippen LogP contribution in [0, 0.1) is 17.8 Å².